The Morgan fingerprint density at radius 1 is 1.47 bits per heavy atom. The highest BCUT2D eigenvalue weighted by atomic mass is 16.2. The van der Waals surface area contributed by atoms with Crippen LogP contribution in [0.15, 0.2) is 0 Å². The zero-order chi connectivity index (χ0) is 12.3. The second-order valence-electron chi connectivity index (χ2n) is 5.75. The minimum absolute atomic E-state index is 0.341. The molecule has 1 heterocycles. The summed E-state index contributed by atoms with van der Waals surface area (Å²) < 4.78 is 0. The third-order valence-electron chi connectivity index (χ3n) is 4.12. The van der Waals surface area contributed by atoms with Gasteiger partial charge in [0.2, 0.25) is 5.91 Å². The van der Waals surface area contributed by atoms with Crippen LogP contribution in [0.4, 0.5) is 0 Å². The first kappa shape index (κ1) is 12.9. The van der Waals surface area contributed by atoms with Crippen molar-refractivity contribution in [2.75, 3.05) is 19.6 Å². The number of hydrogen-bond donors (Lipinski definition) is 1. The van der Waals surface area contributed by atoms with Crippen molar-refractivity contribution in [3.63, 3.8) is 0 Å². The predicted octanol–water partition coefficient (Wildman–Crippen LogP) is 2.02. The molecule has 0 radical (unpaired) electrons. The summed E-state index contributed by atoms with van der Waals surface area (Å²) in [6.07, 6.45) is 5.91. The number of rotatable bonds is 6. The molecule has 0 aromatic carbocycles. The van der Waals surface area contributed by atoms with Crippen molar-refractivity contribution in [1.82, 2.24) is 10.2 Å². The molecule has 3 heteroatoms. The Morgan fingerprint density at radius 3 is 2.76 bits per heavy atom. The monoisotopic (exact) mass is 238 g/mol. The number of unbranched alkanes of at least 4 members (excludes halogenated alkanes) is 1. The third-order valence-corrected chi connectivity index (χ3v) is 4.12. The van der Waals surface area contributed by atoms with Gasteiger partial charge < -0.3 is 10.2 Å². The molecule has 17 heavy (non-hydrogen) atoms. The van der Waals surface area contributed by atoms with Crippen LogP contribution in [0.25, 0.3) is 0 Å². The minimum Gasteiger partial charge on any atom is -0.341 e. The average molecular weight is 238 g/mol. The van der Waals surface area contributed by atoms with Gasteiger partial charge in [0.1, 0.15) is 0 Å². The summed E-state index contributed by atoms with van der Waals surface area (Å²) in [7, 11) is 0. The van der Waals surface area contributed by atoms with Crippen molar-refractivity contribution in [2.45, 2.75) is 52.0 Å². The zero-order valence-electron chi connectivity index (χ0n) is 11.2. The number of carbonyl (C=O) groups is 1. The molecule has 1 aliphatic heterocycles. The largest absolute Gasteiger partial charge is 0.341 e. The first-order chi connectivity index (χ1) is 8.22. The van der Waals surface area contributed by atoms with E-state index < -0.39 is 0 Å². The van der Waals surface area contributed by atoms with Crippen LogP contribution < -0.4 is 5.32 Å². The molecule has 3 nitrogen and oxygen atoms in total. The minimum atomic E-state index is 0.341. The summed E-state index contributed by atoms with van der Waals surface area (Å²) in [5.41, 5.74) is 0. The van der Waals surface area contributed by atoms with Gasteiger partial charge in [-0.25, -0.2) is 0 Å². The summed E-state index contributed by atoms with van der Waals surface area (Å²) in [5, 5.41) is 3.50. The molecule has 2 fully saturated rings. The molecule has 0 aromatic rings. The van der Waals surface area contributed by atoms with Crippen molar-refractivity contribution < 1.29 is 4.79 Å². The van der Waals surface area contributed by atoms with E-state index in [1.807, 2.05) is 0 Å². The number of nitrogens with zero attached hydrogens (tertiary/aromatic N) is 1. The van der Waals surface area contributed by atoms with Crippen LogP contribution in [0.5, 0.6) is 0 Å². The molecular formula is C14H26N2O. The van der Waals surface area contributed by atoms with Gasteiger partial charge in [0.25, 0.3) is 0 Å². The summed E-state index contributed by atoms with van der Waals surface area (Å²) in [4.78, 5) is 14.4. The Morgan fingerprint density at radius 2 is 2.24 bits per heavy atom. The molecule has 3 atom stereocenters. The van der Waals surface area contributed by atoms with E-state index in [-0.39, 0.29) is 0 Å². The van der Waals surface area contributed by atoms with Crippen LogP contribution in [-0.2, 0) is 4.79 Å². The maximum absolute atomic E-state index is 12.3. The van der Waals surface area contributed by atoms with E-state index in [0.29, 0.717) is 23.8 Å². The maximum atomic E-state index is 12.3. The zero-order valence-corrected chi connectivity index (χ0v) is 11.2. The summed E-state index contributed by atoms with van der Waals surface area (Å²) >= 11 is 0. The molecule has 0 bridgehead atoms. The van der Waals surface area contributed by atoms with Crippen molar-refractivity contribution in [2.24, 2.45) is 11.8 Å². The van der Waals surface area contributed by atoms with Gasteiger partial charge >= 0.3 is 0 Å². The lowest BCUT2D eigenvalue weighted by atomic mass is 10.2. The van der Waals surface area contributed by atoms with Crippen LogP contribution in [-0.4, -0.2) is 36.5 Å². The topological polar surface area (TPSA) is 32.3 Å². The molecule has 3 unspecified atom stereocenters. The van der Waals surface area contributed by atoms with Crippen molar-refractivity contribution in [3.05, 3.63) is 0 Å². The van der Waals surface area contributed by atoms with Gasteiger partial charge in [-0.1, -0.05) is 20.3 Å². The SMILES string of the molecule is CCCCN(CC1CCCN1)C(=O)C1CC1C. The van der Waals surface area contributed by atoms with Crippen LogP contribution in [0, 0.1) is 11.8 Å². The van der Waals surface area contributed by atoms with E-state index in [4.69, 9.17) is 0 Å². The standard InChI is InChI=1S/C14H26N2O/c1-3-4-8-16(10-12-6-5-7-15-12)14(17)13-9-11(13)2/h11-13,15H,3-10H2,1-2H3. The molecule has 2 rings (SSSR count). The van der Waals surface area contributed by atoms with E-state index in [9.17, 15) is 4.79 Å². The van der Waals surface area contributed by atoms with Gasteiger partial charge in [-0.15, -0.1) is 0 Å². The lowest BCUT2D eigenvalue weighted by Crippen LogP contribution is -2.42. The predicted molar refractivity (Wildman–Crippen MR) is 69.8 cm³/mol. The molecule has 1 amide bonds. The van der Waals surface area contributed by atoms with Gasteiger partial charge in [0.15, 0.2) is 0 Å². The summed E-state index contributed by atoms with van der Waals surface area (Å²) in [5.74, 6) is 1.39. The van der Waals surface area contributed by atoms with E-state index in [2.05, 4.69) is 24.1 Å². The lowest BCUT2D eigenvalue weighted by molar-refractivity contribution is -0.133. The normalized spacial score (nSPS) is 31.5. The summed E-state index contributed by atoms with van der Waals surface area (Å²) in [6, 6.07) is 0.546. The molecule has 1 saturated heterocycles. The van der Waals surface area contributed by atoms with E-state index in [1.165, 1.54) is 19.3 Å². The molecule has 1 aliphatic carbocycles. The Labute approximate surface area is 105 Å². The van der Waals surface area contributed by atoms with Crippen LogP contribution >= 0.6 is 0 Å². The smallest absolute Gasteiger partial charge is 0.226 e. The number of nitrogens with one attached hydrogen (secondary N) is 1. The molecule has 98 valence electrons. The summed E-state index contributed by atoms with van der Waals surface area (Å²) in [6.45, 7) is 7.39. The van der Waals surface area contributed by atoms with Crippen molar-refractivity contribution in [1.29, 1.82) is 0 Å². The van der Waals surface area contributed by atoms with E-state index in [1.54, 1.807) is 0 Å². The highest BCUT2D eigenvalue weighted by Crippen LogP contribution is 2.39. The van der Waals surface area contributed by atoms with E-state index >= 15 is 0 Å². The molecule has 1 N–H and O–H groups in total. The Hall–Kier alpha value is -0.570. The maximum Gasteiger partial charge on any atom is 0.226 e. The Balaban J connectivity index is 1.84. The van der Waals surface area contributed by atoms with Gasteiger partial charge in [-0.3, -0.25) is 4.79 Å². The fourth-order valence-corrected chi connectivity index (χ4v) is 2.72. The highest BCUT2D eigenvalue weighted by Gasteiger charge is 2.41. The molecule has 2 aliphatic rings. The second-order valence-corrected chi connectivity index (χ2v) is 5.75. The van der Waals surface area contributed by atoms with Gasteiger partial charge in [0.05, 0.1) is 0 Å². The second kappa shape index (κ2) is 5.85. The molecule has 0 aromatic heterocycles. The first-order valence-corrected chi connectivity index (χ1v) is 7.24. The quantitative estimate of drug-likeness (QED) is 0.768. The van der Waals surface area contributed by atoms with Gasteiger partial charge in [-0.05, 0) is 38.1 Å². The fraction of sp³-hybridized carbons (Fsp3) is 0.929. The number of amides is 1. The van der Waals surface area contributed by atoms with Crippen molar-refractivity contribution in [3.8, 4) is 0 Å². The highest BCUT2D eigenvalue weighted by molar-refractivity contribution is 5.81. The molecular weight excluding hydrogens is 212 g/mol. The number of carbonyl (C=O) groups excluding carboxylic acids is 1. The Bertz CT molecular complexity index is 261. The Kier molecular flexibility index (Phi) is 4.43. The van der Waals surface area contributed by atoms with Crippen LogP contribution in [0.3, 0.4) is 0 Å². The van der Waals surface area contributed by atoms with Gasteiger partial charge in [-0.2, -0.15) is 0 Å². The molecule has 1 saturated carbocycles. The fourth-order valence-electron chi connectivity index (χ4n) is 2.72. The van der Waals surface area contributed by atoms with Crippen molar-refractivity contribution >= 4 is 5.91 Å². The first-order valence-electron chi connectivity index (χ1n) is 7.24. The molecule has 0 spiro atoms. The van der Waals surface area contributed by atoms with Gasteiger partial charge in [0, 0.05) is 25.0 Å². The van der Waals surface area contributed by atoms with Crippen LogP contribution in [0.2, 0.25) is 0 Å². The van der Waals surface area contributed by atoms with E-state index in [0.717, 1.165) is 32.5 Å². The average Bonchev–Trinajstić information content (AvgIpc) is 2.84. The van der Waals surface area contributed by atoms with Crippen LogP contribution in [0.1, 0.15) is 46.0 Å². The number of hydrogen-bond acceptors (Lipinski definition) is 2. The lowest BCUT2D eigenvalue weighted by Gasteiger charge is -2.26. The third kappa shape index (κ3) is 3.44.